The van der Waals surface area contributed by atoms with Gasteiger partial charge in [0.25, 0.3) is 5.91 Å². The van der Waals surface area contributed by atoms with Crippen molar-refractivity contribution >= 4 is 52.5 Å². The fourth-order valence-electron chi connectivity index (χ4n) is 1.89. The molecule has 0 aromatic heterocycles. The summed E-state index contributed by atoms with van der Waals surface area (Å²) in [7, 11) is 0. The molecular formula is C17H11Cl2FN2O5. The van der Waals surface area contributed by atoms with Gasteiger partial charge in [-0.15, -0.1) is 0 Å². The maximum Gasteiger partial charge on any atom is 0.331 e. The molecule has 1 amide bonds. The molecule has 27 heavy (non-hydrogen) atoms. The molecule has 1 N–H and O–H groups in total. The standard InChI is InChI=1S/C17H11Cl2FN2O5/c18-12-4-1-10(7-13(12)19)2-6-17(24)27-9-16(23)21-11-3-5-14(20)15(8-11)22(25)26/h1-8H,9H2,(H,21,23)/b6-2+. The molecule has 0 radical (unpaired) electrons. The zero-order valence-corrected chi connectivity index (χ0v) is 15.0. The number of ether oxygens (including phenoxy) is 1. The van der Waals surface area contributed by atoms with Crippen LogP contribution in [0.3, 0.4) is 0 Å². The van der Waals surface area contributed by atoms with E-state index in [0.717, 1.165) is 24.3 Å². The second kappa shape index (κ2) is 9.11. The Balaban J connectivity index is 1.88. The van der Waals surface area contributed by atoms with Gasteiger partial charge in [-0.2, -0.15) is 4.39 Å². The third-order valence-corrected chi connectivity index (χ3v) is 3.87. The zero-order chi connectivity index (χ0) is 20.0. The van der Waals surface area contributed by atoms with E-state index >= 15 is 0 Å². The van der Waals surface area contributed by atoms with E-state index in [-0.39, 0.29) is 5.69 Å². The molecule has 2 aromatic rings. The van der Waals surface area contributed by atoms with Crippen LogP contribution in [0, 0.1) is 15.9 Å². The largest absolute Gasteiger partial charge is 0.452 e. The molecule has 0 bridgehead atoms. The van der Waals surface area contributed by atoms with Crippen molar-refractivity contribution in [2.45, 2.75) is 0 Å². The number of amides is 1. The predicted molar refractivity (Wildman–Crippen MR) is 98.1 cm³/mol. The normalized spacial score (nSPS) is 10.6. The Morgan fingerprint density at radius 1 is 1.19 bits per heavy atom. The Labute approximate surface area is 162 Å². The number of nitrogens with zero attached hydrogens (tertiary/aromatic N) is 1. The smallest absolute Gasteiger partial charge is 0.331 e. The number of hydrogen-bond donors (Lipinski definition) is 1. The second-order valence-corrected chi connectivity index (χ2v) is 5.90. The quantitative estimate of drug-likeness (QED) is 0.331. The van der Waals surface area contributed by atoms with Gasteiger partial charge in [-0.25, -0.2) is 4.79 Å². The number of nitro benzene ring substituents is 1. The molecule has 0 aliphatic heterocycles. The molecule has 10 heteroatoms. The van der Waals surface area contributed by atoms with Gasteiger partial charge in [0.1, 0.15) is 0 Å². The summed E-state index contributed by atoms with van der Waals surface area (Å²) in [5, 5.41) is 13.6. The Kier molecular flexibility index (Phi) is 6.86. The molecular weight excluding hydrogens is 402 g/mol. The van der Waals surface area contributed by atoms with Crippen LogP contribution in [0.2, 0.25) is 10.0 Å². The summed E-state index contributed by atoms with van der Waals surface area (Å²) in [6, 6.07) is 7.59. The minimum Gasteiger partial charge on any atom is -0.452 e. The summed E-state index contributed by atoms with van der Waals surface area (Å²) in [5.74, 6) is -2.56. The van der Waals surface area contributed by atoms with Crippen LogP contribution in [-0.2, 0) is 14.3 Å². The summed E-state index contributed by atoms with van der Waals surface area (Å²) in [4.78, 5) is 33.1. The van der Waals surface area contributed by atoms with Crippen LogP contribution in [0.25, 0.3) is 6.08 Å². The zero-order valence-electron chi connectivity index (χ0n) is 13.4. The number of rotatable bonds is 6. The van der Waals surface area contributed by atoms with Crippen molar-refractivity contribution in [3.8, 4) is 0 Å². The minimum atomic E-state index is -1.03. The van der Waals surface area contributed by atoms with E-state index < -0.39 is 34.9 Å². The van der Waals surface area contributed by atoms with E-state index in [0.29, 0.717) is 15.6 Å². The van der Waals surface area contributed by atoms with Gasteiger partial charge >= 0.3 is 11.7 Å². The van der Waals surface area contributed by atoms with Crippen LogP contribution in [0.15, 0.2) is 42.5 Å². The molecule has 0 aliphatic carbocycles. The Morgan fingerprint density at radius 3 is 2.59 bits per heavy atom. The highest BCUT2D eigenvalue weighted by Gasteiger charge is 2.15. The number of carbonyl (C=O) groups is 2. The fourth-order valence-corrected chi connectivity index (χ4v) is 2.20. The van der Waals surface area contributed by atoms with E-state index in [1.807, 2.05) is 0 Å². The maximum absolute atomic E-state index is 13.2. The summed E-state index contributed by atoms with van der Waals surface area (Å²) < 4.78 is 18.0. The monoisotopic (exact) mass is 412 g/mol. The van der Waals surface area contributed by atoms with Crippen LogP contribution in [-0.4, -0.2) is 23.4 Å². The van der Waals surface area contributed by atoms with Gasteiger partial charge in [-0.1, -0.05) is 29.3 Å². The lowest BCUT2D eigenvalue weighted by Gasteiger charge is -2.05. The third kappa shape index (κ3) is 6.05. The average Bonchev–Trinajstić information content (AvgIpc) is 2.62. The van der Waals surface area contributed by atoms with E-state index in [2.05, 4.69) is 5.32 Å². The fraction of sp³-hybridized carbons (Fsp3) is 0.0588. The molecule has 0 spiro atoms. The van der Waals surface area contributed by atoms with Gasteiger partial charge in [-0.3, -0.25) is 14.9 Å². The lowest BCUT2D eigenvalue weighted by molar-refractivity contribution is -0.387. The first-order valence-corrected chi connectivity index (χ1v) is 8.05. The summed E-state index contributed by atoms with van der Waals surface area (Å²) in [6.07, 6.45) is 2.52. The number of esters is 1. The molecule has 0 unspecified atom stereocenters. The number of hydrogen-bond acceptors (Lipinski definition) is 5. The van der Waals surface area contributed by atoms with Crippen molar-refractivity contribution in [2.75, 3.05) is 11.9 Å². The van der Waals surface area contributed by atoms with Crippen LogP contribution in [0.1, 0.15) is 5.56 Å². The van der Waals surface area contributed by atoms with E-state index in [9.17, 15) is 24.1 Å². The van der Waals surface area contributed by atoms with Crippen LogP contribution < -0.4 is 5.32 Å². The van der Waals surface area contributed by atoms with Crippen LogP contribution in [0.5, 0.6) is 0 Å². The lowest BCUT2D eigenvalue weighted by atomic mass is 10.2. The Hall–Kier alpha value is -2.97. The number of carbonyl (C=O) groups excluding carboxylic acids is 2. The third-order valence-electron chi connectivity index (χ3n) is 3.13. The summed E-state index contributed by atoms with van der Waals surface area (Å²) in [5.41, 5.74) is -0.186. The summed E-state index contributed by atoms with van der Waals surface area (Å²) >= 11 is 11.6. The number of benzene rings is 2. The summed E-state index contributed by atoms with van der Waals surface area (Å²) in [6.45, 7) is -0.629. The first kappa shape index (κ1) is 20.3. The highest BCUT2D eigenvalue weighted by atomic mass is 35.5. The Bertz CT molecular complexity index is 934. The molecule has 0 atom stereocenters. The average molecular weight is 413 g/mol. The van der Waals surface area contributed by atoms with Crippen molar-refractivity contribution in [2.24, 2.45) is 0 Å². The highest BCUT2D eigenvalue weighted by molar-refractivity contribution is 6.42. The van der Waals surface area contributed by atoms with Crippen molar-refractivity contribution < 1.29 is 23.6 Å². The Morgan fingerprint density at radius 2 is 1.93 bits per heavy atom. The van der Waals surface area contributed by atoms with Gasteiger partial charge < -0.3 is 10.1 Å². The first-order chi connectivity index (χ1) is 12.8. The molecule has 2 rings (SSSR count). The number of anilines is 1. The molecule has 140 valence electrons. The van der Waals surface area contributed by atoms with Crippen molar-refractivity contribution in [1.29, 1.82) is 0 Å². The SMILES string of the molecule is O=C(COC(=O)/C=C/c1ccc(Cl)c(Cl)c1)Nc1ccc(F)c([N+](=O)[O-])c1. The van der Waals surface area contributed by atoms with Gasteiger partial charge in [0.15, 0.2) is 6.61 Å². The number of nitro groups is 1. The van der Waals surface area contributed by atoms with Crippen molar-refractivity contribution in [3.05, 3.63) is 74.0 Å². The molecule has 7 nitrogen and oxygen atoms in total. The van der Waals surface area contributed by atoms with Crippen molar-refractivity contribution in [1.82, 2.24) is 0 Å². The van der Waals surface area contributed by atoms with E-state index in [1.54, 1.807) is 18.2 Å². The van der Waals surface area contributed by atoms with Crippen molar-refractivity contribution in [3.63, 3.8) is 0 Å². The molecule has 0 saturated carbocycles. The van der Waals surface area contributed by atoms with Gasteiger partial charge in [0, 0.05) is 17.8 Å². The molecule has 2 aromatic carbocycles. The number of halogens is 3. The lowest BCUT2D eigenvalue weighted by Crippen LogP contribution is -2.20. The topological polar surface area (TPSA) is 98.5 Å². The minimum absolute atomic E-state index is 0.00417. The maximum atomic E-state index is 13.2. The molecule has 0 heterocycles. The van der Waals surface area contributed by atoms with Crippen LogP contribution >= 0.6 is 23.2 Å². The first-order valence-electron chi connectivity index (χ1n) is 7.30. The van der Waals surface area contributed by atoms with E-state index in [1.165, 1.54) is 6.08 Å². The van der Waals surface area contributed by atoms with Gasteiger partial charge in [0.2, 0.25) is 5.82 Å². The number of nitrogens with one attached hydrogen (secondary N) is 1. The van der Waals surface area contributed by atoms with Crippen LogP contribution in [0.4, 0.5) is 15.8 Å². The van der Waals surface area contributed by atoms with Gasteiger partial charge in [0.05, 0.1) is 15.0 Å². The van der Waals surface area contributed by atoms with Gasteiger partial charge in [-0.05, 0) is 35.9 Å². The van der Waals surface area contributed by atoms with E-state index in [4.69, 9.17) is 27.9 Å². The molecule has 0 fully saturated rings. The molecule has 0 saturated heterocycles. The highest BCUT2D eigenvalue weighted by Crippen LogP contribution is 2.23. The molecule has 0 aliphatic rings. The predicted octanol–water partition coefficient (Wildman–Crippen LogP) is 4.24. The second-order valence-electron chi connectivity index (χ2n) is 5.09.